The van der Waals surface area contributed by atoms with Crippen LogP contribution >= 0.6 is 35.0 Å². The zero-order chi connectivity index (χ0) is 22.4. The van der Waals surface area contributed by atoms with Gasteiger partial charge in [0.15, 0.2) is 5.16 Å². The highest BCUT2D eigenvalue weighted by molar-refractivity contribution is 8.00. The van der Waals surface area contributed by atoms with Gasteiger partial charge in [-0.3, -0.25) is 9.59 Å². The largest absolute Gasteiger partial charge is 0.370 e. The number of rotatable bonds is 10. The smallest absolute Gasteiger partial charge is 0.233 e. The van der Waals surface area contributed by atoms with Gasteiger partial charge >= 0.3 is 0 Å². The van der Waals surface area contributed by atoms with Crippen molar-refractivity contribution in [1.82, 2.24) is 20.1 Å². The quantitative estimate of drug-likeness (QED) is 0.509. The van der Waals surface area contributed by atoms with E-state index >= 15 is 0 Å². The van der Waals surface area contributed by atoms with Crippen LogP contribution in [0.2, 0.25) is 10.0 Å². The summed E-state index contributed by atoms with van der Waals surface area (Å²) in [6, 6.07) is 4.93. The Kier molecular flexibility index (Phi) is 9.00. The van der Waals surface area contributed by atoms with Crippen molar-refractivity contribution in [2.75, 3.05) is 0 Å². The highest BCUT2D eigenvalue weighted by Gasteiger charge is 2.23. The Labute approximate surface area is 191 Å². The summed E-state index contributed by atoms with van der Waals surface area (Å²) in [5.41, 5.74) is 6.06. The molecule has 1 aromatic carbocycles. The zero-order valence-electron chi connectivity index (χ0n) is 17.5. The normalized spacial score (nSPS) is 13.3. The Bertz CT molecular complexity index is 903. The minimum Gasteiger partial charge on any atom is -0.370 e. The summed E-state index contributed by atoms with van der Waals surface area (Å²) in [6.45, 7) is 8.54. The molecule has 30 heavy (non-hydrogen) atoms. The van der Waals surface area contributed by atoms with Gasteiger partial charge in [0.25, 0.3) is 0 Å². The van der Waals surface area contributed by atoms with Crippen LogP contribution in [0.5, 0.6) is 0 Å². The molecule has 10 heteroatoms. The molecule has 0 fully saturated rings. The summed E-state index contributed by atoms with van der Waals surface area (Å²) in [6.07, 6.45) is 0.624. The molecular weight excluding hydrogens is 445 g/mol. The second kappa shape index (κ2) is 11.0. The molecule has 0 saturated carbocycles. The molecule has 1 heterocycles. The van der Waals surface area contributed by atoms with Gasteiger partial charge in [-0.15, -0.1) is 10.2 Å². The van der Waals surface area contributed by atoms with Gasteiger partial charge in [0.05, 0.1) is 11.3 Å². The lowest BCUT2D eigenvalue weighted by atomic mass is 10.1. The number of thioether (sulfide) groups is 1. The molecule has 0 radical (unpaired) electrons. The van der Waals surface area contributed by atoms with E-state index in [0.29, 0.717) is 39.9 Å². The molecule has 0 aliphatic rings. The molecule has 0 aliphatic heterocycles. The standard InChI is InChI=1S/C20H27Cl2N5O2S/c1-11(2)10-27-18(8-7-17(23)28)25-26-20(27)30-13(4)19(29)24-12(3)15-6-5-14(21)9-16(15)22/h5-6,9,11-13H,7-8,10H2,1-4H3,(H2,23,28)(H,24,29). The number of hydrogen-bond donors (Lipinski definition) is 2. The van der Waals surface area contributed by atoms with Crippen molar-refractivity contribution >= 4 is 46.8 Å². The third-order valence-corrected chi connectivity index (χ3v) is 6.02. The van der Waals surface area contributed by atoms with E-state index in [1.807, 2.05) is 18.4 Å². The van der Waals surface area contributed by atoms with Crippen molar-refractivity contribution in [3.8, 4) is 0 Å². The molecule has 0 spiro atoms. The first-order valence-corrected chi connectivity index (χ1v) is 11.3. The van der Waals surface area contributed by atoms with Gasteiger partial charge in [0.1, 0.15) is 5.82 Å². The molecule has 0 bridgehead atoms. The van der Waals surface area contributed by atoms with Crippen LogP contribution in [-0.4, -0.2) is 31.8 Å². The lowest BCUT2D eigenvalue weighted by Gasteiger charge is -2.19. The molecule has 7 nitrogen and oxygen atoms in total. The molecule has 2 atom stereocenters. The second-order valence-corrected chi connectivity index (χ2v) is 9.68. The molecular formula is C20H27Cl2N5O2S. The van der Waals surface area contributed by atoms with E-state index in [1.165, 1.54) is 11.8 Å². The fourth-order valence-electron chi connectivity index (χ4n) is 2.85. The maximum Gasteiger partial charge on any atom is 0.233 e. The number of aryl methyl sites for hydroxylation is 1. The number of carbonyl (C=O) groups excluding carboxylic acids is 2. The highest BCUT2D eigenvalue weighted by Crippen LogP contribution is 2.28. The molecule has 2 amide bonds. The van der Waals surface area contributed by atoms with Crippen LogP contribution in [-0.2, 0) is 22.6 Å². The van der Waals surface area contributed by atoms with Crippen molar-refractivity contribution in [2.45, 2.75) is 63.5 Å². The number of aromatic nitrogens is 3. The molecule has 0 aliphatic carbocycles. The van der Waals surface area contributed by atoms with Crippen LogP contribution in [0, 0.1) is 5.92 Å². The third kappa shape index (κ3) is 6.89. The Morgan fingerprint density at radius 1 is 1.20 bits per heavy atom. The van der Waals surface area contributed by atoms with Gasteiger partial charge in [-0.25, -0.2) is 0 Å². The summed E-state index contributed by atoms with van der Waals surface area (Å²) < 4.78 is 1.96. The number of primary amides is 1. The van der Waals surface area contributed by atoms with E-state index in [4.69, 9.17) is 28.9 Å². The van der Waals surface area contributed by atoms with E-state index in [-0.39, 0.29) is 24.3 Å². The van der Waals surface area contributed by atoms with Crippen molar-refractivity contribution in [2.24, 2.45) is 11.7 Å². The summed E-state index contributed by atoms with van der Waals surface area (Å²) in [5.74, 6) is 0.519. The first-order valence-electron chi connectivity index (χ1n) is 9.70. The van der Waals surface area contributed by atoms with E-state index in [1.54, 1.807) is 18.2 Å². The number of nitrogens with one attached hydrogen (secondary N) is 1. The molecule has 0 saturated heterocycles. The zero-order valence-corrected chi connectivity index (χ0v) is 19.8. The van der Waals surface area contributed by atoms with Crippen LogP contribution in [0.1, 0.15) is 51.5 Å². The average Bonchev–Trinajstić information content (AvgIpc) is 3.00. The van der Waals surface area contributed by atoms with Gasteiger partial charge in [0, 0.05) is 29.4 Å². The summed E-state index contributed by atoms with van der Waals surface area (Å²) >= 11 is 13.5. The lowest BCUT2D eigenvalue weighted by molar-refractivity contribution is -0.121. The SMILES string of the molecule is CC(C)Cn1c(CCC(N)=O)nnc1SC(C)C(=O)NC(C)c1ccc(Cl)cc1Cl. The topological polar surface area (TPSA) is 103 Å². The Morgan fingerprint density at radius 2 is 1.90 bits per heavy atom. The molecule has 164 valence electrons. The highest BCUT2D eigenvalue weighted by atomic mass is 35.5. The molecule has 2 unspecified atom stereocenters. The average molecular weight is 472 g/mol. The van der Waals surface area contributed by atoms with Gasteiger partial charge in [-0.2, -0.15) is 0 Å². The fraction of sp³-hybridized carbons (Fsp3) is 0.500. The Morgan fingerprint density at radius 3 is 2.50 bits per heavy atom. The number of carbonyl (C=O) groups is 2. The van der Waals surface area contributed by atoms with Crippen LogP contribution in [0.4, 0.5) is 0 Å². The van der Waals surface area contributed by atoms with Crippen LogP contribution in [0.25, 0.3) is 0 Å². The predicted molar refractivity (Wildman–Crippen MR) is 121 cm³/mol. The number of amides is 2. The van der Waals surface area contributed by atoms with E-state index in [0.717, 1.165) is 5.56 Å². The molecule has 1 aromatic heterocycles. The van der Waals surface area contributed by atoms with Gasteiger partial charge in [0.2, 0.25) is 11.8 Å². The monoisotopic (exact) mass is 471 g/mol. The summed E-state index contributed by atoms with van der Waals surface area (Å²) in [7, 11) is 0. The first-order chi connectivity index (χ1) is 14.1. The second-order valence-electron chi connectivity index (χ2n) is 7.53. The predicted octanol–water partition coefficient (Wildman–Crippen LogP) is 4.02. The number of hydrogen-bond acceptors (Lipinski definition) is 5. The summed E-state index contributed by atoms with van der Waals surface area (Å²) in [4.78, 5) is 23.9. The number of halogens is 2. The van der Waals surface area contributed by atoms with Gasteiger partial charge in [-0.1, -0.05) is 54.9 Å². The minimum atomic E-state index is -0.405. The summed E-state index contributed by atoms with van der Waals surface area (Å²) in [5, 5.41) is 12.7. The molecule has 3 N–H and O–H groups in total. The molecule has 2 rings (SSSR count). The maximum absolute atomic E-state index is 12.7. The fourth-order valence-corrected chi connectivity index (χ4v) is 4.31. The van der Waals surface area contributed by atoms with E-state index < -0.39 is 5.25 Å². The number of nitrogens with two attached hydrogens (primary N) is 1. The van der Waals surface area contributed by atoms with Crippen molar-refractivity contribution in [3.63, 3.8) is 0 Å². The number of nitrogens with zero attached hydrogens (tertiary/aromatic N) is 3. The lowest BCUT2D eigenvalue weighted by Crippen LogP contribution is -2.33. The molecule has 2 aromatic rings. The van der Waals surface area contributed by atoms with Crippen molar-refractivity contribution < 1.29 is 9.59 Å². The van der Waals surface area contributed by atoms with E-state index in [9.17, 15) is 9.59 Å². The van der Waals surface area contributed by atoms with Gasteiger partial charge in [-0.05, 0) is 37.5 Å². The van der Waals surface area contributed by atoms with Crippen LogP contribution in [0.3, 0.4) is 0 Å². The van der Waals surface area contributed by atoms with E-state index in [2.05, 4.69) is 29.4 Å². The third-order valence-electron chi connectivity index (χ3n) is 4.38. The Hall–Kier alpha value is -1.77. The van der Waals surface area contributed by atoms with Gasteiger partial charge < -0.3 is 15.6 Å². The Balaban J connectivity index is 2.09. The van der Waals surface area contributed by atoms with Crippen molar-refractivity contribution in [1.29, 1.82) is 0 Å². The maximum atomic E-state index is 12.7. The van der Waals surface area contributed by atoms with Crippen LogP contribution in [0.15, 0.2) is 23.4 Å². The van der Waals surface area contributed by atoms with Crippen LogP contribution < -0.4 is 11.1 Å². The number of benzene rings is 1. The minimum absolute atomic E-state index is 0.142. The first kappa shape index (κ1) is 24.5. The van der Waals surface area contributed by atoms with Crippen molar-refractivity contribution in [3.05, 3.63) is 39.6 Å².